The van der Waals surface area contributed by atoms with Crippen LogP contribution < -0.4 is 10.6 Å². The molecule has 1 aromatic heterocycles. The number of benzene rings is 1. The molecule has 3 amide bonds. The highest BCUT2D eigenvalue weighted by Gasteiger charge is 2.48. The molecule has 182 valence electrons. The topological polar surface area (TPSA) is 96.3 Å². The lowest BCUT2D eigenvalue weighted by molar-refractivity contribution is -0.133. The second-order valence-corrected chi connectivity index (χ2v) is 9.42. The molecule has 1 aromatic carbocycles. The van der Waals surface area contributed by atoms with Crippen LogP contribution in [0, 0.1) is 5.82 Å². The quantitative estimate of drug-likeness (QED) is 0.621. The van der Waals surface area contributed by atoms with Gasteiger partial charge in [-0.25, -0.2) is 4.39 Å². The Bertz CT molecular complexity index is 1060. The van der Waals surface area contributed by atoms with Crippen LogP contribution in [0.5, 0.6) is 0 Å². The fourth-order valence-corrected chi connectivity index (χ4v) is 4.70. The standard InChI is InChI=1S/C25H32FN5O3/c1-3-4-13-30-23(33)21-14-20(22(32)27-15-17-9-11-18(26)12-10-17)29-31(21)16-25(30,2)24(34)28-19-7-5-6-8-19/h9-12,14,19H,3-8,13,15-16H2,1-2H3,(H,27,32)(H,28,34)/t25-/m0/s1. The van der Waals surface area contributed by atoms with E-state index in [0.29, 0.717) is 12.2 Å². The minimum atomic E-state index is -1.09. The van der Waals surface area contributed by atoms with Gasteiger partial charge >= 0.3 is 0 Å². The number of carbonyl (C=O) groups excluding carboxylic acids is 3. The van der Waals surface area contributed by atoms with Crippen LogP contribution in [-0.2, 0) is 17.9 Å². The maximum absolute atomic E-state index is 13.4. The molecule has 0 unspecified atom stereocenters. The van der Waals surface area contributed by atoms with Gasteiger partial charge in [0.15, 0.2) is 5.69 Å². The molecule has 4 rings (SSSR count). The van der Waals surface area contributed by atoms with Gasteiger partial charge in [0.2, 0.25) is 5.91 Å². The fourth-order valence-electron chi connectivity index (χ4n) is 4.70. The van der Waals surface area contributed by atoms with Crippen molar-refractivity contribution in [2.24, 2.45) is 0 Å². The molecule has 0 radical (unpaired) electrons. The smallest absolute Gasteiger partial charge is 0.273 e. The van der Waals surface area contributed by atoms with Crippen molar-refractivity contribution >= 4 is 17.7 Å². The molecule has 2 N–H and O–H groups in total. The van der Waals surface area contributed by atoms with Crippen molar-refractivity contribution in [2.45, 2.75) is 77.0 Å². The van der Waals surface area contributed by atoms with Crippen LogP contribution in [0.1, 0.15) is 78.9 Å². The molecule has 1 fully saturated rings. The van der Waals surface area contributed by atoms with Gasteiger partial charge in [0.05, 0.1) is 6.54 Å². The minimum absolute atomic E-state index is 0.112. The van der Waals surface area contributed by atoms with E-state index < -0.39 is 11.4 Å². The van der Waals surface area contributed by atoms with Crippen molar-refractivity contribution in [3.8, 4) is 0 Å². The van der Waals surface area contributed by atoms with E-state index in [1.165, 1.54) is 22.9 Å². The van der Waals surface area contributed by atoms with Gasteiger partial charge in [-0.1, -0.05) is 38.3 Å². The van der Waals surface area contributed by atoms with E-state index in [9.17, 15) is 18.8 Å². The molecule has 1 saturated carbocycles. The summed E-state index contributed by atoms with van der Waals surface area (Å²) in [5, 5.41) is 10.3. The van der Waals surface area contributed by atoms with E-state index in [1.807, 2.05) is 6.92 Å². The Morgan fingerprint density at radius 2 is 1.91 bits per heavy atom. The van der Waals surface area contributed by atoms with Crippen LogP contribution in [0.15, 0.2) is 30.3 Å². The molecule has 8 nitrogen and oxygen atoms in total. The minimum Gasteiger partial charge on any atom is -0.351 e. The molecular formula is C25H32FN5O3. The van der Waals surface area contributed by atoms with Crippen LogP contribution in [0.25, 0.3) is 0 Å². The normalized spacial score (nSPS) is 20.3. The second kappa shape index (κ2) is 9.95. The summed E-state index contributed by atoms with van der Waals surface area (Å²) in [6, 6.07) is 7.47. The number of unbranched alkanes of at least 4 members (excludes halogenated alkanes) is 1. The van der Waals surface area contributed by atoms with E-state index in [4.69, 9.17) is 0 Å². The Morgan fingerprint density at radius 3 is 2.59 bits per heavy atom. The average Bonchev–Trinajstić information content (AvgIpc) is 3.48. The Hall–Kier alpha value is -3.23. The SMILES string of the molecule is CCCCN1C(=O)c2cc(C(=O)NCc3ccc(F)cc3)nn2C[C@@]1(C)C(=O)NC1CCCC1. The number of halogens is 1. The van der Waals surface area contributed by atoms with Crippen LogP contribution in [-0.4, -0.2) is 50.5 Å². The van der Waals surface area contributed by atoms with Crippen molar-refractivity contribution in [3.05, 3.63) is 53.1 Å². The van der Waals surface area contributed by atoms with Gasteiger partial charge in [0, 0.05) is 25.2 Å². The first-order chi connectivity index (χ1) is 16.3. The molecule has 0 spiro atoms. The molecule has 2 heterocycles. The van der Waals surface area contributed by atoms with Crippen LogP contribution in [0.2, 0.25) is 0 Å². The Balaban J connectivity index is 1.53. The maximum Gasteiger partial charge on any atom is 0.273 e. The average molecular weight is 470 g/mol. The summed E-state index contributed by atoms with van der Waals surface area (Å²) < 4.78 is 14.6. The van der Waals surface area contributed by atoms with Crippen molar-refractivity contribution in [3.63, 3.8) is 0 Å². The maximum atomic E-state index is 13.4. The third-order valence-electron chi connectivity index (χ3n) is 6.81. The molecule has 1 atom stereocenters. The third kappa shape index (κ3) is 4.83. The number of rotatable bonds is 8. The summed E-state index contributed by atoms with van der Waals surface area (Å²) in [5.41, 5.74) is 0.0719. The second-order valence-electron chi connectivity index (χ2n) is 9.42. The molecule has 1 aliphatic heterocycles. The first-order valence-corrected chi connectivity index (χ1v) is 12.0. The first-order valence-electron chi connectivity index (χ1n) is 12.0. The van der Waals surface area contributed by atoms with Gasteiger partial charge < -0.3 is 15.5 Å². The van der Waals surface area contributed by atoms with Crippen LogP contribution >= 0.6 is 0 Å². The fraction of sp³-hybridized carbons (Fsp3) is 0.520. The van der Waals surface area contributed by atoms with Crippen molar-refractivity contribution < 1.29 is 18.8 Å². The highest BCUT2D eigenvalue weighted by molar-refractivity contribution is 6.01. The number of fused-ring (bicyclic) bond motifs is 1. The highest BCUT2D eigenvalue weighted by Crippen LogP contribution is 2.29. The van der Waals surface area contributed by atoms with Gasteiger partial charge in [-0.2, -0.15) is 5.10 Å². The zero-order chi connectivity index (χ0) is 24.3. The van der Waals surface area contributed by atoms with E-state index >= 15 is 0 Å². The van der Waals surface area contributed by atoms with Crippen molar-refractivity contribution in [1.29, 1.82) is 0 Å². The monoisotopic (exact) mass is 469 g/mol. The molecule has 34 heavy (non-hydrogen) atoms. The van der Waals surface area contributed by atoms with Gasteiger partial charge in [-0.3, -0.25) is 19.1 Å². The Kier molecular flexibility index (Phi) is 7.00. The number of amides is 3. The summed E-state index contributed by atoms with van der Waals surface area (Å²) in [6.45, 7) is 4.67. The largest absolute Gasteiger partial charge is 0.351 e. The number of hydrogen-bond acceptors (Lipinski definition) is 4. The molecule has 0 saturated heterocycles. The van der Waals surface area contributed by atoms with Crippen molar-refractivity contribution in [1.82, 2.24) is 25.3 Å². The van der Waals surface area contributed by atoms with Crippen molar-refractivity contribution in [2.75, 3.05) is 6.54 Å². The van der Waals surface area contributed by atoms with Gasteiger partial charge in [0.25, 0.3) is 11.8 Å². The lowest BCUT2D eigenvalue weighted by Gasteiger charge is -2.43. The van der Waals surface area contributed by atoms with Gasteiger partial charge in [-0.05, 0) is 43.9 Å². The van der Waals surface area contributed by atoms with E-state index in [1.54, 1.807) is 24.0 Å². The number of nitrogens with zero attached hydrogens (tertiary/aromatic N) is 3. The van der Waals surface area contributed by atoms with Crippen LogP contribution in [0.4, 0.5) is 4.39 Å². The first kappa shape index (κ1) is 23.9. The number of hydrogen-bond donors (Lipinski definition) is 2. The Labute approximate surface area is 198 Å². The summed E-state index contributed by atoms with van der Waals surface area (Å²) in [5.74, 6) is -1.25. The van der Waals surface area contributed by atoms with E-state index in [2.05, 4.69) is 15.7 Å². The molecule has 1 aliphatic carbocycles. The van der Waals surface area contributed by atoms with E-state index in [-0.39, 0.29) is 42.5 Å². The molecule has 9 heteroatoms. The summed E-state index contributed by atoms with van der Waals surface area (Å²) in [6.07, 6.45) is 5.77. The van der Waals surface area contributed by atoms with E-state index in [0.717, 1.165) is 44.1 Å². The molecular weight excluding hydrogens is 437 g/mol. The predicted molar refractivity (Wildman–Crippen MR) is 125 cm³/mol. The third-order valence-corrected chi connectivity index (χ3v) is 6.81. The molecule has 0 bridgehead atoms. The predicted octanol–water partition coefficient (Wildman–Crippen LogP) is 3.03. The summed E-state index contributed by atoms with van der Waals surface area (Å²) in [7, 11) is 0. The highest BCUT2D eigenvalue weighted by atomic mass is 19.1. The lowest BCUT2D eigenvalue weighted by atomic mass is 9.94. The molecule has 2 aliphatic rings. The number of nitrogens with one attached hydrogen (secondary N) is 2. The summed E-state index contributed by atoms with van der Waals surface area (Å²) >= 11 is 0. The Morgan fingerprint density at radius 1 is 1.21 bits per heavy atom. The lowest BCUT2D eigenvalue weighted by Crippen LogP contribution is -2.65. The van der Waals surface area contributed by atoms with Crippen LogP contribution in [0.3, 0.4) is 0 Å². The zero-order valence-corrected chi connectivity index (χ0v) is 19.8. The van der Waals surface area contributed by atoms with Gasteiger partial charge in [0.1, 0.15) is 17.1 Å². The summed E-state index contributed by atoms with van der Waals surface area (Å²) in [4.78, 5) is 41.2. The number of aromatic nitrogens is 2. The molecule has 2 aromatic rings. The number of carbonyl (C=O) groups is 3. The zero-order valence-electron chi connectivity index (χ0n) is 19.8. The van der Waals surface area contributed by atoms with Gasteiger partial charge in [-0.15, -0.1) is 0 Å².